The molecule has 2 rings (SSSR count). The van der Waals surface area contributed by atoms with Gasteiger partial charge in [0, 0.05) is 6.54 Å². The molecule has 2 aromatic rings. The van der Waals surface area contributed by atoms with Gasteiger partial charge in [-0.2, -0.15) is 0 Å². The first-order chi connectivity index (χ1) is 6.79. The maximum atomic E-state index is 5.81. The zero-order valence-electron chi connectivity index (χ0n) is 7.58. The van der Waals surface area contributed by atoms with E-state index in [1.165, 1.54) is 11.3 Å². The lowest BCUT2D eigenvalue weighted by atomic mass is 10.4. The zero-order valence-corrected chi connectivity index (χ0v) is 9.15. The summed E-state index contributed by atoms with van der Waals surface area (Å²) in [4.78, 5) is 5.26. The molecule has 0 saturated carbocycles. The molecule has 0 aliphatic rings. The van der Waals surface area contributed by atoms with E-state index in [4.69, 9.17) is 16.0 Å². The maximum absolute atomic E-state index is 5.81. The highest BCUT2D eigenvalue weighted by molar-refractivity contribution is 7.19. The van der Waals surface area contributed by atoms with E-state index >= 15 is 0 Å². The molecule has 2 aromatic heterocycles. The molecule has 2 heterocycles. The third-order valence-corrected chi connectivity index (χ3v) is 2.91. The molecule has 0 aliphatic heterocycles. The van der Waals surface area contributed by atoms with Crippen LogP contribution in [0.15, 0.2) is 22.8 Å². The molecule has 0 atom stereocenters. The highest BCUT2D eigenvalue weighted by atomic mass is 35.5. The summed E-state index contributed by atoms with van der Waals surface area (Å²) < 4.78 is 6.06. The maximum Gasteiger partial charge on any atom is 0.236 e. The molecule has 0 saturated heterocycles. The fraction of sp³-hybridized carbons (Fsp3) is 0.222. The first-order valence-electron chi connectivity index (χ1n) is 4.14. The highest BCUT2D eigenvalue weighted by Gasteiger charge is 2.08. The Morgan fingerprint density at radius 3 is 3.07 bits per heavy atom. The Hall–Kier alpha value is -0.840. The minimum absolute atomic E-state index is 0.632. The van der Waals surface area contributed by atoms with Gasteiger partial charge in [-0.1, -0.05) is 11.6 Å². The molecule has 5 heteroatoms. The minimum atomic E-state index is 0.632. The van der Waals surface area contributed by atoms with Crippen molar-refractivity contribution in [2.75, 3.05) is 7.05 Å². The third kappa shape index (κ3) is 1.97. The smallest absolute Gasteiger partial charge is 0.236 e. The van der Waals surface area contributed by atoms with Crippen molar-refractivity contribution in [2.24, 2.45) is 0 Å². The molecule has 0 fully saturated rings. The molecular weight excluding hydrogens is 220 g/mol. The van der Waals surface area contributed by atoms with Crippen LogP contribution < -0.4 is 5.32 Å². The van der Waals surface area contributed by atoms with Crippen LogP contribution in [0.5, 0.6) is 0 Å². The largest absolute Gasteiger partial charge is 0.444 e. The SMILES string of the molecule is CNCc1coc(-c2ccc(Cl)s2)n1. The fourth-order valence-electron chi connectivity index (χ4n) is 1.11. The number of aromatic nitrogens is 1. The molecule has 0 aliphatic carbocycles. The van der Waals surface area contributed by atoms with Gasteiger partial charge in [0.15, 0.2) is 0 Å². The topological polar surface area (TPSA) is 38.1 Å². The van der Waals surface area contributed by atoms with Gasteiger partial charge in [0.1, 0.15) is 6.26 Å². The molecular formula is C9H9ClN2OS. The van der Waals surface area contributed by atoms with Gasteiger partial charge in [-0.05, 0) is 19.2 Å². The summed E-state index contributed by atoms with van der Waals surface area (Å²) in [6, 6.07) is 3.74. The van der Waals surface area contributed by atoms with Crippen LogP contribution in [-0.2, 0) is 6.54 Å². The Bertz CT molecular complexity index is 424. The summed E-state index contributed by atoms with van der Waals surface area (Å²) in [6.45, 7) is 0.711. The van der Waals surface area contributed by atoms with Crippen LogP contribution in [0.3, 0.4) is 0 Å². The molecule has 0 unspecified atom stereocenters. The number of nitrogens with zero attached hydrogens (tertiary/aromatic N) is 1. The van der Waals surface area contributed by atoms with Crippen LogP contribution in [0.4, 0.5) is 0 Å². The van der Waals surface area contributed by atoms with Gasteiger partial charge in [0.25, 0.3) is 0 Å². The lowest BCUT2D eigenvalue weighted by Gasteiger charge is -1.89. The van der Waals surface area contributed by atoms with Gasteiger partial charge in [-0.3, -0.25) is 0 Å². The fourth-order valence-corrected chi connectivity index (χ4v) is 2.09. The Labute approximate surface area is 90.7 Å². The van der Waals surface area contributed by atoms with Crippen LogP contribution in [0.2, 0.25) is 4.34 Å². The van der Waals surface area contributed by atoms with Crippen LogP contribution in [0, 0.1) is 0 Å². The first-order valence-corrected chi connectivity index (χ1v) is 5.34. The van der Waals surface area contributed by atoms with Gasteiger partial charge in [0.05, 0.1) is 14.9 Å². The molecule has 74 valence electrons. The summed E-state index contributed by atoms with van der Waals surface area (Å²) in [5, 5.41) is 3.01. The summed E-state index contributed by atoms with van der Waals surface area (Å²) in [7, 11) is 1.87. The average Bonchev–Trinajstić information content (AvgIpc) is 2.74. The average molecular weight is 229 g/mol. The van der Waals surface area contributed by atoms with Gasteiger partial charge in [0.2, 0.25) is 5.89 Å². The number of thiophene rings is 1. The lowest BCUT2D eigenvalue weighted by Crippen LogP contribution is -2.04. The van der Waals surface area contributed by atoms with Crippen molar-refractivity contribution < 1.29 is 4.42 Å². The number of halogens is 1. The van der Waals surface area contributed by atoms with E-state index in [1.807, 2.05) is 19.2 Å². The number of oxazole rings is 1. The van der Waals surface area contributed by atoms with Crippen LogP contribution in [0.1, 0.15) is 5.69 Å². The van der Waals surface area contributed by atoms with E-state index in [0.717, 1.165) is 14.9 Å². The third-order valence-electron chi connectivity index (χ3n) is 1.69. The summed E-state index contributed by atoms with van der Waals surface area (Å²) in [5.74, 6) is 0.632. The zero-order chi connectivity index (χ0) is 9.97. The first kappa shape index (κ1) is 9.71. The van der Waals surface area contributed by atoms with Gasteiger partial charge in [-0.15, -0.1) is 11.3 Å². The molecule has 14 heavy (non-hydrogen) atoms. The lowest BCUT2D eigenvalue weighted by molar-refractivity contribution is 0.573. The van der Waals surface area contributed by atoms with Crippen molar-refractivity contribution >= 4 is 22.9 Å². The molecule has 3 nitrogen and oxygen atoms in total. The van der Waals surface area contributed by atoms with E-state index in [-0.39, 0.29) is 0 Å². The van der Waals surface area contributed by atoms with Crippen molar-refractivity contribution in [3.63, 3.8) is 0 Å². The second-order valence-electron chi connectivity index (χ2n) is 2.78. The number of rotatable bonds is 3. The van der Waals surface area contributed by atoms with Gasteiger partial charge < -0.3 is 9.73 Å². The van der Waals surface area contributed by atoms with E-state index in [1.54, 1.807) is 6.26 Å². The summed E-state index contributed by atoms with van der Waals surface area (Å²) in [6.07, 6.45) is 1.65. The van der Waals surface area contributed by atoms with Crippen molar-refractivity contribution in [3.8, 4) is 10.8 Å². The number of nitrogens with one attached hydrogen (secondary N) is 1. The van der Waals surface area contributed by atoms with Gasteiger partial charge in [-0.25, -0.2) is 4.98 Å². The normalized spacial score (nSPS) is 10.7. The minimum Gasteiger partial charge on any atom is -0.444 e. The van der Waals surface area contributed by atoms with Crippen LogP contribution >= 0.6 is 22.9 Å². The Morgan fingerprint density at radius 1 is 1.57 bits per heavy atom. The van der Waals surface area contributed by atoms with Crippen molar-refractivity contribution in [1.82, 2.24) is 10.3 Å². The van der Waals surface area contributed by atoms with Crippen molar-refractivity contribution in [1.29, 1.82) is 0 Å². The molecule has 0 spiro atoms. The predicted octanol–water partition coefficient (Wildman–Crippen LogP) is 2.78. The number of hydrogen-bond donors (Lipinski definition) is 1. The van der Waals surface area contributed by atoms with E-state index in [0.29, 0.717) is 12.4 Å². The molecule has 0 bridgehead atoms. The molecule has 1 N–H and O–H groups in total. The Morgan fingerprint density at radius 2 is 2.43 bits per heavy atom. The monoisotopic (exact) mass is 228 g/mol. The van der Waals surface area contributed by atoms with Crippen LogP contribution in [-0.4, -0.2) is 12.0 Å². The summed E-state index contributed by atoms with van der Waals surface area (Å²) in [5.41, 5.74) is 0.895. The predicted molar refractivity (Wildman–Crippen MR) is 57.6 cm³/mol. The highest BCUT2D eigenvalue weighted by Crippen LogP contribution is 2.30. The second-order valence-corrected chi connectivity index (χ2v) is 4.49. The van der Waals surface area contributed by atoms with Gasteiger partial charge >= 0.3 is 0 Å². The summed E-state index contributed by atoms with van der Waals surface area (Å²) >= 11 is 7.28. The van der Waals surface area contributed by atoms with Crippen molar-refractivity contribution in [2.45, 2.75) is 6.54 Å². The second kappa shape index (κ2) is 4.13. The van der Waals surface area contributed by atoms with Crippen molar-refractivity contribution in [3.05, 3.63) is 28.4 Å². The number of hydrogen-bond acceptors (Lipinski definition) is 4. The molecule has 0 amide bonds. The molecule has 0 aromatic carbocycles. The quantitative estimate of drug-likeness (QED) is 0.878. The van der Waals surface area contributed by atoms with Crippen LogP contribution in [0.25, 0.3) is 10.8 Å². The van der Waals surface area contributed by atoms with E-state index in [2.05, 4.69) is 10.3 Å². The van der Waals surface area contributed by atoms with E-state index in [9.17, 15) is 0 Å². The van der Waals surface area contributed by atoms with E-state index < -0.39 is 0 Å². The Balaban J connectivity index is 2.24. The molecule has 0 radical (unpaired) electrons. The Kier molecular flexibility index (Phi) is 2.86. The standard InChI is InChI=1S/C9H9ClN2OS/c1-11-4-6-5-13-9(12-6)7-2-3-8(10)14-7/h2-3,5,11H,4H2,1H3.